The van der Waals surface area contributed by atoms with Crippen molar-refractivity contribution < 1.29 is 9.53 Å². The van der Waals surface area contributed by atoms with Crippen LogP contribution in [0.1, 0.15) is 11.1 Å². The molecule has 5 nitrogen and oxygen atoms in total. The van der Waals surface area contributed by atoms with Crippen LogP contribution in [-0.4, -0.2) is 34.2 Å². The molecule has 0 saturated carbocycles. The van der Waals surface area contributed by atoms with Crippen LogP contribution in [0.5, 0.6) is 0 Å². The van der Waals surface area contributed by atoms with Crippen molar-refractivity contribution in [2.45, 2.75) is 4.34 Å². The van der Waals surface area contributed by atoms with Crippen molar-refractivity contribution in [1.82, 2.24) is 10.2 Å². The van der Waals surface area contributed by atoms with E-state index in [0.717, 1.165) is 31.9 Å². The van der Waals surface area contributed by atoms with Crippen LogP contribution < -0.4 is 5.32 Å². The van der Waals surface area contributed by atoms with Crippen LogP contribution in [0, 0.1) is 0 Å². The summed E-state index contributed by atoms with van der Waals surface area (Å²) in [5.74, 6) is 1.64. The number of hydrogen-bond acceptors (Lipinski definition) is 7. The summed E-state index contributed by atoms with van der Waals surface area (Å²) in [6.45, 7) is 0.509. The average Bonchev–Trinajstić information content (AvgIpc) is 3.25. The maximum absolute atomic E-state index is 12.8. The molecule has 152 valence electrons. The van der Waals surface area contributed by atoms with Gasteiger partial charge in [0.2, 0.25) is 5.13 Å². The van der Waals surface area contributed by atoms with Crippen molar-refractivity contribution in [2.24, 2.45) is 0 Å². The van der Waals surface area contributed by atoms with Crippen molar-refractivity contribution in [3.63, 3.8) is 0 Å². The highest BCUT2D eigenvalue weighted by Gasteiger charge is 2.24. The van der Waals surface area contributed by atoms with Crippen LogP contribution >= 0.6 is 34.9 Å². The number of hydrogen-bond donors (Lipinski definition) is 1. The molecule has 30 heavy (non-hydrogen) atoms. The van der Waals surface area contributed by atoms with Gasteiger partial charge in [-0.1, -0.05) is 95.9 Å². The van der Waals surface area contributed by atoms with Crippen LogP contribution in [0.2, 0.25) is 0 Å². The van der Waals surface area contributed by atoms with Crippen LogP contribution in [0.15, 0.2) is 76.8 Å². The van der Waals surface area contributed by atoms with Crippen LogP contribution in [-0.2, 0) is 9.53 Å². The number of rotatable bonds is 7. The van der Waals surface area contributed by atoms with Crippen molar-refractivity contribution in [3.8, 4) is 0 Å². The Bertz CT molecular complexity index is 1050. The maximum atomic E-state index is 12.8. The molecule has 0 atom stereocenters. The van der Waals surface area contributed by atoms with E-state index in [1.54, 1.807) is 23.5 Å². The summed E-state index contributed by atoms with van der Waals surface area (Å²) < 4.78 is 6.50. The highest BCUT2D eigenvalue weighted by Crippen LogP contribution is 2.35. The van der Waals surface area contributed by atoms with E-state index in [0.29, 0.717) is 17.5 Å². The van der Waals surface area contributed by atoms with E-state index in [4.69, 9.17) is 4.74 Å². The molecular formula is C22H19N3O2S3. The van der Waals surface area contributed by atoms with E-state index in [9.17, 15) is 4.79 Å². The molecule has 0 fully saturated rings. The Balaban J connectivity index is 1.37. The third-order valence-corrected chi connectivity index (χ3v) is 7.07. The van der Waals surface area contributed by atoms with Crippen molar-refractivity contribution in [1.29, 1.82) is 0 Å². The molecule has 4 rings (SSSR count). The van der Waals surface area contributed by atoms with Crippen LogP contribution in [0.4, 0.5) is 5.13 Å². The van der Waals surface area contributed by atoms with Gasteiger partial charge in [0.15, 0.2) is 10.1 Å². The molecule has 0 saturated heterocycles. The van der Waals surface area contributed by atoms with Crippen LogP contribution in [0.25, 0.3) is 11.0 Å². The smallest absolute Gasteiger partial charge is 0.293 e. The molecule has 0 spiro atoms. The lowest BCUT2D eigenvalue weighted by Gasteiger charge is -2.20. The van der Waals surface area contributed by atoms with Crippen molar-refractivity contribution in [3.05, 3.63) is 83.6 Å². The SMILES string of the molecule is O=C(Nc1nnc(SC/C=C/c2ccccc2)s1)C1=C(c2ccccc2)SCCO1. The van der Waals surface area contributed by atoms with Gasteiger partial charge < -0.3 is 4.74 Å². The number of carbonyl (C=O) groups excluding carboxylic acids is 1. The van der Waals surface area contributed by atoms with E-state index in [1.807, 2.05) is 48.5 Å². The lowest BCUT2D eigenvalue weighted by Crippen LogP contribution is -2.21. The minimum atomic E-state index is -0.294. The molecule has 0 aliphatic carbocycles. The number of carbonyl (C=O) groups is 1. The fourth-order valence-corrected chi connectivity index (χ4v) is 5.27. The first-order chi connectivity index (χ1) is 14.8. The number of amides is 1. The summed E-state index contributed by atoms with van der Waals surface area (Å²) in [4.78, 5) is 13.6. The van der Waals surface area contributed by atoms with Gasteiger partial charge in [-0.05, 0) is 11.1 Å². The monoisotopic (exact) mass is 453 g/mol. The lowest BCUT2D eigenvalue weighted by molar-refractivity contribution is -0.115. The molecule has 8 heteroatoms. The molecule has 0 radical (unpaired) electrons. The molecule has 0 unspecified atom stereocenters. The first-order valence-corrected chi connectivity index (χ1v) is 12.1. The fourth-order valence-electron chi connectivity index (χ4n) is 2.73. The number of benzene rings is 2. The summed E-state index contributed by atoms with van der Waals surface area (Å²) in [6, 6.07) is 20.0. The minimum Gasteiger partial charge on any atom is -0.486 e. The molecule has 1 aromatic heterocycles. The number of nitrogens with one attached hydrogen (secondary N) is 1. The molecule has 1 amide bonds. The standard InChI is InChI=1S/C22H19N3O2S3/c26-20(18-19(28-15-13-27-18)17-11-5-2-6-12-17)23-21-24-25-22(30-21)29-14-7-10-16-8-3-1-4-9-16/h1-12H,13-15H2,(H,23,24,26)/b10-7+. The first-order valence-electron chi connectivity index (χ1n) is 9.34. The lowest BCUT2D eigenvalue weighted by atomic mass is 10.2. The van der Waals surface area contributed by atoms with Crippen LogP contribution in [0.3, 0.4) is 0 Å². The normalized spacial score (nSPS) is 14.0. The summed E-state index contributed by atoms with van der Waals surface area (Å²) in [5.41, 5.74) is 2.14. The van der Waals surface area contributed by atoms with Crippen molar-refractivity contribution in [2.75, 3.05) is 23.4 Å². The Labute approximate surface area is 187 Å². The quantitative estimate of drug-likeness (QED) is 0.381. The Morgan fingerprint density at radius 3 is 2.67 bits per heavy atom. The van der Waals surface area contributed by atoms with Gasteiger partial charge in [0.25, 0.3) is 5.91 Å². The zero-order chi connectivity index (χ0) is 20.6. The third kappa shape index (κ3) is 5.53. The van der Waals surface area contributed by atoms with E-state index < -0.39 is 0 Å². The number of nitrogens with zero attached hydrogens (tertiary/aromatic N) is 2. The van der Waals surface area contributed by atoms with E-state index in [2.05, 4.69) is 39.8 Å². The van der Waals surface area contributed by atoms with Gasteiger partial charge in [-0.2, -0.15) is 0 Å². The van der Waals surface area contributed by atoms with Gasteiger partial charge >= 0.3 is 0 Å². The Hall–Kier alpha value is -2.55. The number of aromatic nitrogens is 2. The number of thioether (sulfide) groups is 2. The molecule has 2 heterocycles. The molecule has 2 aromatic carbocycles. The minimum absolute atomic E-state index is 0.294. The van der Waals surface area contributed by atoms with E-state index in [-0.39, 0.29) is 5.91 Å². The predicted octanol–water partition coefficient (Wildman–Crippen LogP) is 5.41. The topological polar surface area (TPSA) is 64.1 Å². The van der Waals surface area contributed by atoms with E-state index in [1.165, 1.54) is 11.3 Å². The summed E-state index contributed by atoms with van der Waals surface area (Å²) in [5, 5.41) is 11.5. The average molecular weight is 454 g/mol. The summed E-state index contributed by atoms with van der Waals surface area (Å²) in [6.07, 6.45) is 4.16. The Morgan fingerprint density at radius 2 is 1.87 bits per heavy atom. The molecule has 1 aliphatic rings. The van der Waals surface area contributed by atoms with Gasteiger partial charge in [-0.15, -0.1) is 22.0 Å². The number of anilines is 1. The molecule has 3 aromatic rings. The maximum Gasteiger partial charge on any atom is 0.293 e. The largest absolute Gasteiger partial charge is 0.486 e. The second-order valence-electron chi connectivity index (χ2n) is 6.17. The third-order valence-electron chi connectivity index (χ3n) is 4.06. The molecule has 1 aliphatic heterocycles. The van der Waals surface area contributed by atoms with Crippen molar-refractivity contribution >= 4 is 56.9 Å². The molecule has 1 N–H and O–H groups in total. The molecule has 0 bridgehead atoms. The summed E-state index contributed by atoms with van der Waals surface area (Å²) in [7, 11) is 0. The highest BCUT2D eigenvalue weighted by atomic mass is 32.2. The predicted molar refractivity (Wildman–Crippen MR) is 127 cm³/mol. The van der Waals surface area contributed by atoms with Gasteiger partial charge in [0.05, 0.1) is 11.5 Å². The molecular weight excluding hydrogens is 434 g/mol. The van der Waals surface area contributed by atoms with E-state index >= 15 is 0 Å². The van der Waals surface area contributed by atoms with Gasteiger partial charge in [-0.3, -0.25) is 10.1 Å². The Morgan fingerprint density at radius 1 is 1.10 bits per heavy atom. The second kappa shape index (κ2) is 10.5. The van der Waals surface area contributed by atoms with Gasteiger partial charge in [0.1, 0.15) is 0 Å². The van der Waals surface area contributed by atoms with Gasteiger partial charge in [-0.25, -0.2) is 0 Å². The number of ether oxygens (including phenoxy) is 1. The van der Waals surface area contributed by atoms with Gasteiger partial charge in [0, 0.05) is 11.5 Å². The first kappa shape index (κ1) is 20.7. The fraction of sp³-hybridized carbons (Fsp3) is 0.136. The second-order valence-corrected chi connectivity index (χ2v) is 9.52. The summed E-state index contributed by atoms with van der Waals surface area (Å²) >= 11 is 4.57. The Kier molecular flexibility index (Phi) is 7.23. The highest BCUT2D eigenvalue weighted by molar-refractivity contribution is 8.08. The zero-order valence-electron chi connectivity index (χ0n) is 16.0. The zero-order valence-corrected chi connectivity index (χ0v) is 18.4.